The fourth-order valence-electron chi connectivity index (χ4n) is 2.19. The number of nitrogen functional groups attached to an aromatic ring is 1. The van der Waals surface area contributed by atoms with Crippen LogP contribution < -0.4 is 5.73 Å². The number of hydrogen-bond donors (Lipinski definition) is 1. The highest BCUT2D eigenvalue weighted by molar-refractivity contribution is 7.85. The average Bonchev–Trinajstić information content (AvgIpc) is 2.44. The fraction of sp³-hybridized carbons (Fsp3) is 0.294. The van der Waals surface area contributed by atoms with E-state index in [1.165, 1.54) is 5.56 Å². The summed E-state index contributed by atoms with van der Waals surface area (Å²) in [7, 11) is -0.986. The van der Waals surface area contributed by atoms with Crippen molar-refractivity contribution in [3.05, 3.63) is 59.7 Å². The van der Waals surface area contributed by atoms with Crippen molar-refractivity contribution in [2.45, 2.75) is 31.1 Å². The largest absolute Gasteiger partial charge is 0.398 e. The first-order chi connectivity index (χ1) is 9.66. The molecule has 1 unspecified atom stereocenters. The second-order valence-electron chi connectivity index (χ2n) is 5.03. The zero-order valence-corrected chi connectivity index (χ0v) is 12.7. The Morgan fingerprint density at radius 2 is 1.80 bits per heavy atom. The van der Waals surface area contributed by atoms with Gasteiger partial charge in [-0.05, 0) is 49.4 Å². The third-order valence-electron chi connectivity index (χ3n) is 3.30. The molecule has 0 aliphatic carbocycles. The van der Waals surface area contributed by atoms with Gasteiger partial charge in [0.15, 0.2) is 0 Å². The van der Waals surface area contributed by atoms with Crippen molar-refractivity contribution in [2.24, 2.45) is 0 Å². The molecule has 2 nitrogen and oxygen atoms in total. The molecule has 2 aromatic carbocycles. The van der Waals surface area contributed by atoms with Crippen LogP contribution in [0.15, 0.2) is 53.4 Å². The number of aryl methyl sites for hydroxylation is 2. The van der Waals surface area contributed by atoms with Crippen LogP contribution in [0.4, 0.5) is 5.69 Å². The van der Waals surface area contributed by atoms with E-state index in [0.717, 1.165) is 29.7 Å². The maximum atomic E-state index is 12.2. The Bertz CT molecular complexity index is 581. The van der Waals surface area contributed by atoms with Crippen molar-refractivity contribution >= 4 is 16.5 Å². The minimum atomic E-state index is -0.986. The zero-order valence-electron chi connectivity index (χ0n) is 11.8. The number of nitrogens with two attached hydrogens (primary N) is 1. The molecule has 0 aliphatic rings. The molecule has 0 saturated heterocycles. The van der Waals surface area contributed by atoms with Gasteiger partial charge in [0.1, 0.15) is 0 Å². The van der Waals surface area contributed by atoms with Crippen LogP contribution in [-0.4, -0.2) is 9.96 Å². The van der Waals surface area contributed by atoms with E-state index in [4.69, 9.17) is 5.73 Å². The molecular weight excluding hydrogens is 266 g/mol. The molecule has 106 valence electrons. The Morgan fingerprint density at radius 1 is 1.05 bits per heavy atom. The van der Waals surface area contributed by atoms with Gasteiger partial charge in [-0.15, -0.1) is 0 Å². The molecule has 0 spiro atoms. The summed E-state index contributed by atoms with van der Waals surface area (Å²) in [5, 5.41) is 0. The van der Waals surface area contributed by atoms with E-state index < -0.39 is 10.8 Å². The first-order valence-electron chi connectivity index (χ1n) is 6.95. The minimum absolute atomic E-state index is 0.645. The van der Waals surface area contributed by atoms with Crippen LogP contribution in [0.2, 0.25) is 0 Å². The Labute approximate surface area is 123 Å². The molecule has 2 rings (SSSR count). The monoisotopic (exact) mass is 287 g/mol. The molecule has 20 heavy (non-hydrogen) atoms. The van der Waals surface area contributed by atoms with Gasteiger partial charge in [-0.1, -0.05) is 36.4 Å². The number of unbranched alkanes of at least 4 members (excludes halogenated alkanes) is 1. The van der Waals surface area contributed by atoms with E-state index >= 15 is 0 Å². The number of benzene rings is 2. The first kappa shape index (κ1) is 14.8. The quantitative estimate of drug-likeness (QED) is 0.650. The first-order valence-corrected chi connectivity index (χ1v) is 8.27. The van der Waals surface area contributed by atoms with Crippen LogP contribution in [0.25, 0.3) is 0 Å². The lowest BCUT2D eigenvalue weighted by atomic mass is 10.1. The van der Waals surface area contributed by atoms with E-state index in [1.807, 2.05) is 31.2 Å². The van der Waals surface area contributed by atoms with E-state index in [0.29, 0.717) is 11.4 Å². The lowest BCUT2D eigenvalue weighted by Crippen LogP contribution is -2.03. The van der Waals surface area contributed by atoms with Crippen molar-refractivity contribution in [3.8, 4) is 0 Å². The van der Waals surface area contributed by atoms with Crippen LogP contribution in [0.1, 0.15) is 24.0 Å². The number of anilines is 1. The van der Waals surface area contributed by atoms with Crippen molar-refractivity contribution in [2.75, 3.05) is 11.5 Å². The predicted molar refractivity (Wildman–Crippen MR) is 86.2 cm³/mol. The lowest BCUT2D eigenvalue weighted by Gasteiger charge is -2.07. The molecule has 0 bridgehead atoms. The Hall–Kier alpha value is -1.61. The topological polar surface area (TPSA) is 43.1 Å². The molecule has 2 aromatic rings. The summed E-state index contributed by atoms with van der Waals surface area (Å²) in [6, 6.07) is 16.1. The van der Waals surface area contributed by atoms with Gasteiger partial charge in [0.05, 0.1) is 15.7 Å². The molecule has 0 aromatic heterocycles. The van der Waals surface area contributed by atoms with Crippen molar-refractivity contribution in [1.29, 1.82) is 0 Å². The van der Waals surface area contributed by atoms with Gasteiger partial charge in [-0.3, -0.25) is 4.21 Å². The molecule has 0 fully saturated rings. The van der Waals surface area contributed by atoms with Crippen molar-refractivity contribution in [1.82, 2.24) is 0 Å². The second-order valence-corrected chi connectivity index (χ2v) is 6.57. The van der Waals surface area contributed by atoms with E-state index in [2.05, 4.69) is 24.3 Å². The maximum absolute atomic E-state index is 12.2. The summed E-state index contributed by atoms with van der Waals surface area (Å²) in [6.07, 6.45) is 3.05. The van der Waals surface area contributed by atoms with E-state index in [1.54, 1.807) is 0 Å². The average molecular weight is 287 g/mol. The smallest absolute Gasteiger partial charge is 0.0617 e. The van der Waals surface area contributed by atoms with Gasteiger partial charge in [-0.2, -0.15) is 0 Å². The summed E-state index contributed by atoms with van der Waals surface area (Å²) >= 11 is 0. The minimum Gasteiger partial charge on any atom is -0.398 e. The fourth-order valence-corrected chi connectivity index (χ4v) is 3.42. The van der Waals surface area contributed by atoms with E-state index in [9.17, 15) is 4.21 Å². The van der Waals surface area contributed by atoms with Crippen LogP contribution in [-0.2, 0) is 17.2 Å². The molecule has 0 aliphatic heterocycles. The Balaban J connectivity index is 1.80. The summed E-state index contributed by atoms with van der Waals surface area (Å²) in [6.45, 7) is 1.99. The van der Waals surface area contributed by atoms with Crippen molar-refractivity contribution in [3.63, 3.8) is 0 Å². The number of rotatable bonds is 6. The Morgan fingerprint density at radius 3 is 2.50 bits per heavy atom. The van der Waals surface area contributed by atoms with Gasteiger partial charge in [-0.25, -0.2) is 0 Å². The van der Waals surface area contributed by atoms with E-state index in [-0.39, 0.29) is 0 Å². The van der Waals surface area contributed by atoms with Gasteiger partial charge >= 0.3 is 0 Å². The third-order valence-corrected chi connectivity index (χ3v) is 4.82. The van der Waals surface area contributed by atoms with Gasteiger partial charge in [0.25, 0.3) is 0 Å². The Kier molecular flexibility index (Phi) is 5.36. The highest BCUT2D eigenvalue weighted by Crippen LogP contribution is 2.19. The molecule has 1 atom stereocenters. The van der Waals surface area contributed by atoms with Crippen LogP contribution in [0.5, 0.6) is 0 Å². The second kappa shape index (κ2) is 7.25. The van der Waals surface area contributed by atoms with Gasteiger partial charge < -0.3 is 5.73 Å². The SMILES string of the molecule is Cc1ccc(S(=O)CCCCc2ccccc2)c(N)c1. The summed E-state index contributed by atoms with van der Waals surface area (Å²) < 4.78 is 12.2. The molecule has 3 heteroatoms. The van der Waals surface area contributed by atoms with Crippen LogP contribution in [0.3, 0.4) is 0 Å². The van der Waals surface area contributed by atoms with Crippen molar-refractivity contribution < 1.29 is 4.21 Å². The van der Waals surface area contributed by atoms with Crippen LogP contribution >= 0.6 is 0 Å². The van der Waals surface area contributed by atoms with Gasteiger partial charge in [0.2, 0.25) is 0 Å². The molecule has 0 amide bonds. The lowest BCUT2D eigenvalue weighted by molar-refractivity contribution is 0.677. The molecule has 0 heterocycles. The standard InChI is InChI=1S/C17H21NOS/c1-14-10-11-17(16(18)13-14)20(19)12-6-5-9-15-7-3-2-4-8-15/h2-4,7-8,10-11,13H,5-6,9,12,18H2,1H3. The third kappa shape index (κ3) is 4.20. The molecule has 0 saturated carbocycles. The zero-order chi connectivity index (χ0) is 14.4. The summed E-state index contributed by atoms with van der Waals surface area (Å²) in [5.41, 5.74) is 9.01. The highest BCUT2D eigenvalue weighted by Gasteiger charge is 2.07. The molecular formula is C17H21NOS. The normalized spacial score (nSPS) is 12.2. The van der Waals surface area contributed by atoms with Gasteiger partial charge in [0, 0.05) is 11.4 Å². The predicted octanol–water partition coefficient (Wildman–Crippen LogP) is 3.71. The summed E-state index contributed by atoms with van der Waals surface area (Å²) in [4.78, 5) is 0.773. The molecule has 0 radical (unpaired) electrons. The van der Waals surface area contributed by atoms with Crippen LogP contribution in [0, 0.1) is 6.92 Å². The highest BCUT2D eigenvalue weighted by atomic mass is 32.2. The number of hydrogen-bond acceptors (Lipinski definition) is 2. The maximum Gasteiger partial charge on any atom is 0.0617 e. The molecule has 2 N–H and O–H groups in total. The summed E-state index contributed by atoms with van der Waals surface area (Å²) in [5.74, 6) is 0.681.